The van der Waals surface area contributed by atoms with Gasteiger partial charge < -0.3 is 19.7 Å². The molecule has 5 nitrogen and oxygen atoms in total. The van der Waals surface area contributed by atoms with Gasteiger partial charge >= 0.3 is 0 Å². The van der Waals surface area contributed by atoms with Crippen LogP contribution < -0.4 is 4.74 Å². The summed E-state index contributed by atoms with van der Waals surface area (Å²) < 4.78 is 11.1. The van der Waals surface area contributed by atoms with Crippen LogP contribution in [0.3, 0.4) is 0 Å². The standard InChI is InChI=1S/C17H19BrClNO4/c1-23-13-5-2-11(3-6-13)9-24-10-12(21)4-7-15-17(22)14(18)8-16(19)20-15/h2-3,5-6,8,12,21-22H,4,7,9-10H2,1H3. The first-order chi connectivity index (χ1) is 11.5. The van der Waals surface area contributed by atoms with Gasteiger partial charge in [0.15, 0.2) is 5.75 Å². The molecule has 1 aromatic heterocycles. The molecule has 0 radical (unpaired) electrons. The van der Waals surface area contributed by atoms with Crippen molar-refractivity contribution in [2.75, 3.05) is 13.7 Å². The van der Waals surface area contributed by atoms with Crippen LogP contribution in [-0.2, 0) is 17.8 Å². The Morgan fingerprint density at radius 1 is 1.29 bits per heavy atom. The van der Waals surface area contributed by atoms with E-state index in [1.54, 1.807) is 7.11 Å². The van der Waals surface area contributed by atoms with Gasteiger partial charge in [-0.2, -0.15) is 0 Å². The van der Waals surface area contributed by atoms with E-state index in [0.29, 0.717) is 34.8 Å². The predicted molar refractivity (Wildman–Crippen MR) is 95.6 cm³/mol. The van der Waals surface area contributed by atoms with Crippen molar-refractivity contribution in [1.29, 1.82) is 0 Å². The van der Waals surface area contributed by atoms with Crippen molar-refractivity contribution in [2.45, 2.75) is 25.6 Å². The van der Waals surface area contributed by atoms with Crippen LogP contribution in [0.5, 0.6) is 11.5 Å². The number of aliphatic hydroxyl groups excluding tert-OH is 1. The average Bonchev–Trinajstić information content (AvgIpc) is 2.57. The lowest BCUT2D eigenvalue weighted by atomic mass is 10.1. The number of pyridine rings is 1. The minimum atomic E-state index is -0.651. The fourth-order valence-corrected chi connectivity index (χ4v) is 2.91. The van der Waals surface area contributed by atoms with Gasteiger partial charge in [-0.05, 0) is 52.5 Å². The lowest BCUT2D eigenvalue weighted by molar-refractivity contribution is 0.0245. The summed E-state index contributed by atoms with van der Waals surface area (Å²) in [7, 11) is 1.62. The molecule has 7 heteroatoms. The Hall–Kier alpha value is -1.34. The van der Waals surface area contributed by atoms with Gasteiger partial charge in [-0.25, -0.2) is 4.98 Å². The Balaban J connectivity index is 1.76. The number of aliphatic hydroxyl groups is 1. The second kappa shape index (κ2) is 9.22. The van der Waals surface area contributed by atoms with E-state index >= 15 is 0 Å². The molecule has 1 aromatic carbocycles. The second-order valence-electron chi connectivity index (χ2n) is 5.28. The van der Waals surface area contributed by atoms with Crippen LogP contribution in [0.1, 0.15) is 17.7 Å². The fraction of sp³-hybridized carbons (Fsp3) is 0.353. The molecule has 130 valence electrons. The largest absolute Gasteiger partial charge is 0.505 e. The molecule has 0 amide bonds. The van der Waals surface area contributed by atoms with E-state index in [2.05, 4.69) is 20.9 Å². The summed E-state index contributed by atoms with van der Waals surface area (Å²) in [6, 6.07) is 9.07. The Bertz CT molecular complexity index is 666. The van der Waals surface area contributed by atoms with Gasteiger partial charge in [-0.3, -0.25) is 0 Å². The number of aromatic hydroxyl groups is 1. The van der Waals surface area contributed by atoms with Gasteiger partial charge in [0.05, 0.1) is 36.6 Å². The van der Waals surface area contributed by atoms with Crippen LogP contribution in [0, 0.1) is 0 Å². The maximum Gasteiger partial charge on any atom is 0.151 e. The third kappa shape index (κ3) is 5.63. The normalized spacial score (nSPS) is 12.2. The number of nitrogens with zero attached hydrogens (tertiary/aromatic N) is 1. The maximum atomic E-state index is 10.0. The van der Waals surface area contributed by atoms with Crippen molar-refractivity contribution in [3.05, 3.63) is 51.2 Å². The van der Waals surface area contributed by atoms with Crippen molar-refractivity contribution >= 4 is 27.5 Å². The quantitative estimate of drug-likeness (QED) is 0.642. The first-order valence-electron chi connectivity index (χ1n) is 7.42. The third-order valence-corrected chi connectivity index (χ3v) is 4.24. The van der Waals surface area contributed by atoms with Gasteiger partial charge in [0.2, 0.25) is 0 Å². The minimum absolute atomic E-state index is 0.0470. The average molecular weight is 417 g/mol. The van der Waals surface area contributed by atoms with E-state index < -0.39 is 6.10 Å². The van der Waals surface area contributed by atoms with Crippen molar-refractivity contribution < 1.29 is 19.7 Å². The first kappa shape index (κ1) is 19.0. The van der Waals surface area contributed by atoms with Crippen LogP contribution >= 0.6 is 27.5 Å². The minimum Gasteiger partial charge on any atom is -0.505 e. The Kier molecular flexibility index (Phi) is 7.30. The molecular weight excluding hydrogens is 398 g/mol. The van der Waals surface area contributed by atoms with Crippen molar-refractivity contribution in [3.8, 4) is 11.5 Å². The monoisotopic (exact) mass is 415 g/mol. The van der Waals surface area contributed by atoms with Gasteiger partial charge in [-0.1, -0.05) is 23.7 Å². The number of halogens is 2. The molecule has 2 rings (SSSR count). The number of methoxy groups -OCH3 is 1. The molecule has 1 unspecified atom stereocenters. The molecular formula is C17H19BrClNO4. The van der Waals surface area contributed by atoms with Gasteiger partial charge in [-0.15, -0.1) is 0 Å². The number of ether oxygens (including phenoxy) is 2. The van der Waals surface area contributed by atoms with Gasteiger partial charge in [0, 0.05) is 0 Å². The summed E-state index contributed by atoms with van der Waals surface area (Å²) in [4.78, 5) is 4.07. The van der Waals surface area contributed by atoms with Crippen molar-refractivity contribution in [3.63, 3.8) is 0 Å². The molecule has 0 aliphatic carbocycles. The number of aryl methyl sites for hydroxylation is 1. The third-order valence-electron chi connectivity index (χ3n) is 3.44. The first-order valence-corrected chi connectivity index (χ1v) is 8.59. The topological polar surface area (TPSA) is 71.8 Å². The zero-order valence-electron chi connectivity index (χ0n) is 13.2. The highest BCUT2D eigenvalue weighted by molar-refractivity contribution is 9.10. The molecule has 0 aliphatic rings. The van der Waals surface area contributed by atoms with Crippen LogP contribution in [0.4, 0.5) is 0 Å². The van der Waals surface area contributed by atoms with Gasteiger partial charge in [0.25, 0.3) is 0 Å². The molecule has 0 bridgehead atoms. The summed E-state index contributed by atoms with van der Waals surface area (Å²) in [5, 5.41) is 20.2. The predicted octanol–water partition coefficient (Wildman–Crippen LogP) is 3.72. The molecule has 1 atom stereocenters. The molecule has 24 heavy (non-hydrogen) atoms. The molecule has 0 spiro atoms. The molecule has 2 N–H and O–H groups in total. The molecule has 0 fully saturated rings. The molecule has 0 saturated heterocycles. The van der Waals surface area contributed by atoms with E-state index in [4.69, 9.17) is 21.1 Å². The number of hydrogen-bond acceptors (Lipinski definition) is 5. The molecule has 1 heterocycles. The maximum absolute atomic E-state index is 10.0. The van der Waals surface area contributed by atoms with Crippen molar-refractivity contribution in [1.82, 2.24) is 4.98 Å². The number of benzene rings is 1. The van der Waals surface area contributed by atoms with E-state index in [1.807, 2.05) is 24.3 Å². The zero-order chi connectivity index (χ0) is 17.5. The summed E-state index contributed by atoms with van der Waals surface area (Å²) in [5.41, 5.74) is 1.45. The van der Waals surface area contributed by atoms with Crippen LogP contribution in [0.25, 0.3) is 0 Å². The van der Waals surface area contributed by atoms with Gasteiger partial charge in [0.1, 0.15) is 10.9 Å². The van der Waals surface area contributed by atoms with Crippen molar-refractivity contribution in [2.24, 2.45) is 0 Å². The Labute approximate surface area is 154 Å². The van der Waals surface area contributed by atoms with Crippen LogP contribution in [0.2, 0.25) is 5.15 Å². The number of hydrogen-bond donors (Lipinski definition) is 2. The summed E-state index contributed by atoms with van der Waals surface area (Å²) in [6.07, 6.45) is 0.163. The lowest BCUT2D eigenvalue weighted by Gasteiger charge is -2.12. The highest BCUT2D eigenvalue weighted by Crippen LogP contribution is 2.29. The van der Waals surface area contributed by atoms with E-state index in [0.717, 1.165) is 11.3 Å². The Morgan fingerprint density at radius 3 is 2.67 bits per heavy atom. The fourth-order valence-electron chi connectivity index (χ4n) is 2.12. The smallest absolute Gasteiger partial charge is 0.151 e. The van der Waals surface area contributed by atoms with Crippen LogP contribution in [0.15, 0.2) is 34.8 Å². The SMILES string of the molecule is COc1ccc(COCC(O)CCc2nc(Cl)cc(Br)c2O)cc1. The molecule has 0 saturated carbocycles. The molecule has 0 aliphatic heterocycles. The highest BCUT2D eigenvalue weighted by atomic mass is 79.9. The highest BCUT2D eigenvalue weighted by Gasteiger charge is 2.12. The molecule has 2 aromatic rings. The summed E-state index contributed by atoms with van der Waals surface area (Å²) in [6.45, 7) is 0.613. The lowest BCUT2D eigenvalue weighted by Crippen LogP contribution is -2.16. The van der Waals surface area contributed by atoms with E-state index in [9.17, 15) is 10.2 Å². The number of aromatic nitrogens is 1. The van der Waals surface area contributed by atoms with E-state index in [-0.39, 0.29) is 12.4 Å². The van der Waals surface area contributed by atoms with E-state index in [1.165, 1.54) is 6.07 Å². The summed E-state index contributed by atoms with van der Waals surface area (Å²) in [5.74, 6) is 0.838. The van der Waals surface area contributed by atoms with Crippen LogP contribution in [-0.4, -0.2) is 35.0 Å². The zero-order valence-corrected chi connectivity index (χ0v) is 15.5. The summed E-state index contributed by atoms with van der Waals surface area (Å²) >= 11 is 9.07. The second-order valence-corrected chi connectivity index (χ2v) is 6.52. The Morgan fingerprint density at radius 2 is 2.00 bits per heavy atom. The number of rotatable bonds is 8.